The number of allylic oxidation sites excluding steroid dienone is 1. The summed E-state index contributed by atoms with van der Waals surface area (Å²) >= 11 is 0. The summed E-state index contributed by atoms with van der Waals surface area (Å²) in [6, 6.07) is 13.3. The van der Waals surface area contributed by atoms with Crippen molar-refractivity contribution < 1.29 is 13.7 Å². The standard InChI is InChI=1S/C21H22N4O3/c1-13-7-4-5-8-16(13)12-25-15(3)20(14(2)23-25)22-21(26)17-11-19(28-24-17)18-9-6-10-27-18/h4-11,14,23H,12H2,1-3H3,(H,22,26). The van der Waals surface area contributed by atoms with E-state index in [1.807, 2.05) is 26.0 Å². The van der Waals surface area contributed by atoms with E-state index in [1.165, 1.54) is 11.1 Å². The van der Waals surface area contributed by atoms with Crippen molar-refractivity contribution in [3.8, 4) is 11.5 Å². The number of hydrazine groups is 1. The van der Waals surface area contributed by atoms with Gasteiger partial charge in [-0.25, -0.2) is 5.43 Å². The second-order valence-electron chi connectivity index (χ2n) is 6.87. The van der Waals surface area contributed by atoms with E-state index in [9.17, 15) is 4.79 Å². The van der Waals surface area contributed by atoms with Gasteiger partial charge in [0.1, 0.15) is 0 Å². The Bertz CT molecular complexity index is 1020. The Morgan fingerprint density at radius 3 is 2.79 bits per heavy atom. The van der Waals surface area contributed by atoms with E-state index in [-0.39, 0.29) is 17.6 Å². The molecule has 2 aromatic heterocycles. The molecule has 7 nitrogen and oxygen atoms in total. The third-order valence-electron chi connectivity index (χ3n) is 4.92. The monoisotopic (exact) mass is 378 g/mol. The number of carbonyl (C=O) groups excluding carboxylic acids is 1. The number of nitrogens with zero attached hydrogens (tertiary/aromatic N) is 2. The van der Waals surface area contributed by atoms with Crippen molar-refractivity contribution in [3.05, 3.63) is 76.9 Å². The van der Waals surface area contributed by atoms with Crippen molar-refractivity contribution >= 4 is 5.91 Å². The van der Waals surface area contributed by atoms with Gasteiger partial charge in [0, 0.05) is 11.8 Å². The van der Waals surface area contributed by atoms with Gasteiger partial charge in [-0.3, -0.25) is 4.79 Å². The highest BCUT2D eigenvalue weighted by Crippen LogP contribution is 2.23. The topological polar surface area (TPSA) is 83.5 Å². The number of nitrogens with one attached hydrogen (secondary N) is 2. The first-order chi connectivity index (χ1) is 13.5. The summed E-state index contributed by atoms with van der Waals surface area (Å²) in [5.74, 6) is 0.629. The molecule has 1 aliphatic rings. The zero-order chi connectivity index (χ0) is 19.7. The van der Waals surface area contributed by atoms with Crippen LogP contribution in [-0.2, 0) is 6.54 Å². The molecule has 0 spiro atoms. The molecule has 1 atom stereocenters. The van der Waals surface area contributed by atoms with Crippen LogP contribution in [0.4, 0.5) is 0 Å². The summed E-state index contributed by atoms with van der Waals surface area (Å²) in [6.45, 7) is 6.81. The van der Waals surface area contributed by atoms with Gasteiger partial charge < -0.3 is 19.3 Å². The zero-order valence-electron chi connectivity index (χ0n) is 16.0. The number of furan rings is 1. The smallest absolute Gasteiger partial charge is 0.277 e. The van der Waals surface area contributed by atoms with Crippen LogP contribution in [0.25, 0.3) is 11.5 Å². The van der Waals surface area contributed by atoms with E-state index in [2.05, 4.69) is 40.0 Å². The van der Waals surface area contributed by atoms with Crippen molar-refractivity contribution in [1.82, 2.24) is 20.9 Å². The molecule has 4 rings (SSSR count). The van der Waals surface area contributed by atoms with Gasteiger partial charge in [-0.15, -0.1) is 0 Å². The molecular formula is C21H22N4O3. The number of hydrogen-bond acceptors (Lipinski definition) is 6. The quantitative estimate of drug-likeness (QED) is 0.706. The Hall–Kier alpha value is -3.32. The molecule has 1 amide bonds. The number of benzene rings is 1. The molecule has 0 fully saturated rings. The highest BCUT2D eigenvalue weighted by molar-refractivity contribution is 5.94. The van der Waals surface area contributed by atoms with Crippen LogP contribution in [0.15, 0.2) is 69.1 Å². The molecule has 1 aromatic carbocycles. The molecule has 0 bridgehead atoms. The Balaban J connectivity index is 1.49. The molecule has 1 aliphatic heterocycles. The number of hydrogen-bond donors (Lipinski definition) is 2. The lowest BCUT2D eigenvalue weighted by atomic mass is 10.1. The molecule has 3 aromatic rings. The van der Waals surface area contributed by atoms with Gasteiger partial charge in [0.05, 0.1) is 24.5 Å². The average molecular weight is 378 g/mol. The summed E-state index contributed by atoms with van der Waals surface area (Å²) in [6.07, 6.45) is 1.54. The highest BCUT2D eigenvalue weighted by Gasteiger charge is 2.28. The van der Waals surface area contributed by atoms with E-state index in [1.54, 1.807) is 24.5 Å². The average Bonchev–Trinajstić information content (AvgIpc) is 3.41. The van der Waals surface area contributed by atoms with Crippen molar-refractivity contribution in [2.24, 2.45) is 0 Å². The molecule has 0 aliphatic carbocycles. The van der Waals surface area contributed by atoms with Crippen molar-refractivity contribution in [3.63, 3.8) is 0 Å². The molecule has 0 saturated heterocycles. The fourth-order valence-corrected chi connectivity index (χ4v) is 3.28. The second kappa shape index (κ2) is 7.36. The SMILES string of the molecule is CC1=C(NC(=O)c2cc(-c3ccco3)on2)C(C)NN1Cc1ccccc1C. The van der Waals surface area contributed by atoms with Gasteiger partial charge in [-0.05, 0) is 44.0 Å². The Kier molecular flexibility index (Phi) is 4.75. The molecular weight excluding hydrogens is 356 g/mol. The van der Waals surface area contributed by atoms with E-state index in [4.69, 9.17) is 8.94 Å². The Morgan fingerprint density at radius 2 is 2.04 bits per heavy atom. The van der Waals surface area contributed by atoms with E-state index in [0.717, 1.165) is 17.9 Å². The molecule has 7 heteroatoms. The number of carbonyl (C=O) groups is 1. The lowest BCUT2D eigenvalue weighted by Crippen LogP contribution is -2.37. The minimum atomic E-state index is -0.317. The van der Waals surface area contributed by atoms with Gasteiger partial charge in [-0.2, -0.15) is 0 Å². The summed E-state index contributed by atoms with van der Waals surface area (Å²) in [4.78, 5) is 12.6. The van der Waals surface area contributed by atoms with E-state index in [0.29, 0.717) is 11.5 Å². The van der Waals surface area contributed by atoms with Crippen LogP contribution in [0.2, 0.25) is 0 Å². The van der Waals surface area contributed by atoms with Gasteiger partial charge in [0.15, 0.2) is 11.5 Å². The van der Waals surface area contributed by atoms with E-state index < -0.39 is 0 Å². The first-order valence-corrected chi connectivity index (χ1v) is 9.14. The summed E-state index contributed by atoms with van der Waals surface area (Å²) in [5, 5.41) is 8.88. The van der Waals surface area contributed by atoms with Gasteiger partial charge in [-0.1, -0.05) is 29.4 Å². The summed E-state index contributed by atoms with van der Waals surface area (Å²) in [5.41, 5.74) is 7.86. The number of amides is 1. The van der Waals surface area contributed by atoms with Crippen molar-refractivity contribution in [2.75, 3.05) is 0 Å². The summed E-state index contributed by atoms with van der Waals surface area (Å²) in [7, 11) is 0. The van der Waals surface area contributed by atoms with Gasteiger partial charge in [0.25, 0.3) is 5.91 Å². The first kappa shape index (κ1) is 18.1. The maximum absolute atomic E-state index is 12.6. The minimum absolute atomic E-state index is 0.0237. The fourth-order valence-electron chi connectivity index (χ4n) is 3.28. The highest BCUT2D eigenvalue weighted by atomic mass is 16.5. The van der Waals surface area contributed by atoms with Crippen molar-refractivity contribution in [1.29, 1.82) is 0 Å². The fraction of sp³-hybridized carbons (Fsp3) is 0.238. The minimum Gasteiger partial charge on any atom is -0.461 e. The molecule has 1 unspecified atom stereocenters. The van der Waals surface area contributed by atoms with Gasteiger partial charge >= 0.3 is 0 Å². The van der Waals surface area contributed by atoms with Crippen LogP contribution in [-0.4, -0.2) is 22.1 Å². The number of rotatable bonds is 5. The molecule has 144 valence electrons. The predicted molar refractivity (Wildman–Crippen MR) is 104 cm³/mol. The summed E-state index contributed by atoms with van der Waals surface area (Å²) < 4.78 is 10.5. The second-order valence-corrected chi connectivity index (χ2v) is 6.87. The largest absolute Gasteiger partial charge is 0.461 e. The molecule has 3 heterocycles. The Labute approximate surface area is 163 Å². The van der Waals surface area contributed by atoms with E-state index >= 15 is 0 Å². The predicted octanol–water partition coefficient (Wildman–Crippen LogP) is 3.61. The normalized spacial score (nSPS) is 16.7. The maximum atomic E-state index is 12.6. The lowest BCUT2D eigenvalue weighted by molar-refractivity contribution is 0.0954. The van der Waals surface area contributed by atoms with Crippen LogP contribution in [0, 0.1) is 6.92 Å². The van der Waals surface area contributed by atoms with Crippen LogP contribution in [0.3, 0.4) is 0 Å². The third-order valence-corrected chi connectivity index (χ3v) is 4.92. The van der Waals surface area contributed by atoms with Crippen LogP contribution >= 0.6 is 0 Å². The van der Waals surface area contributed by atoms with Crippen LogP contribution in [0.5, 0.6) is 0 Å². The molecule has 0 saturated carbocycles. The molecule has 28 heavy (non-hydrogen) atoms. The molecule has 2 N–H and O–H groups in total. The number of aryl methyl sites for hydroxylation is 1. The number of aromatic nitrogens is 1. The first-order valence-electron chi connectivity index (χ1n) is 9.14. The lowest BCUT2D eigenvalue weighted by Gasteiger charge is -2.22. The molecule has 0 radical (unpaired) electrons. The zero-order valence-corrected chi connectivity index (χ0v) is 16.0. The van der Waals surface area contributed by atoms with Crippen LogP contribution < -0.4 is 10.7 Å². The Morgan fingerprint density at radius 1 is 1.21 bits per heavy atom. The van der Waals surface area contributed by atoms with Crippen LogP contribution in [0.1, 0.15) is 35.5 Å². The van der Waals surface area contributed by atoms with Crippen molar-refractivity contribution in [2.45, 2.75) is 33.4 Å². The third kappa shape index (κ3) is 3.44. The maximum Gasteiger partial charge on any atom is 0.277 e. The van der Waals surface area contributed by atoms with Gasteiger partial charge in [0.2, 0.25) is 5.76 Å².